The highest BCUT2D eigenvalue weighted by Crippen LogP contribution is 2.07. The molecule has 0 aliphatic heterocycles. The summed E-state index contributed by atoms with van der Waals surface area (Å²) in [6, 6.07) is 1.26. The monoisotopic (exact) mass is 148 g/mol. The summed E-state index contributed by atoms with van der Waals surface area (Å²) in [7, 11) is -1.25. The van der Waals surface area contributed by atoms with Gasteiger partial charge in [-0.15, -0.1) is 0 Å². The van der Waals surface area contributed by atoms with Crippen molar-refractivity contribution in [2.24, 2.45) is 0 Å². The number of rotatable bonds is 3. The summed E-state index contributed by atoms with van der Waals surface area (Å²) < 4.78 is 5.66. The molecule has 0 bridgehead atoms. The van der Waals surface area contributed by atoms with Gasteiger partial charge in [-0.25, -0.2) is 0 Å². The molecule has 0 rings (SSSR count). The molecule has 0 radical (unpaired) electrons. The van der Waals surface area contributed by atoms with Gasteiger partial charge >= 0.3 is 0 Å². The molecular formula is C5H16OSi2. The average Bonchev–Trinajstić information content (AvgIpc) is 1.67. The molecule has 0 saturated carbocycles. The Kier molecular flexibility index (Phi) is 3.59. The molecule has 0 fully saturated rings. The van der Waals surface area contributed by atoms with Crippen LogP contribution in [0.3, 0.4) is 0 Å². The summed E-state index contributed by atoms with van der Waals surface area (Å²) in [5, 5.41) is 0. The van der Waals surface area contributed by atoms with Crippen molar-refractivity contribution in [2.45, 2.75) is 32.6 Å². The van der Waals surface area contributed by atoms with E-state index in [1.54, 1.807) is 0 Å². The maximum atomic E-state index is 5.66. The van der Waals surface area contributed by atoms with Gasteiger partial charge in [0.1, 0.15) is 9.76 Å². The summed E-state index contributed by atoms with van der Waals surface area (Å²) in [4.78, 5) is 0. The van der Waals surface area contributed by atoms with Crippen molar-refractivity contribution >= 4 is 18.1 Å². The molecule has 0 aliphatic rings. The minimum absolute atomic E-state index is 0.139. The van der Waals surface area contributed by atoms with Gasteiger partial charge in [-0.3, -0.25) is 0 Å². The highest BCUT2D eigenvalue weighted by atomic mass is 28.4. The van der Waals surface area contributed by atoms with Crippen molar-refractivity contribution in [3.8, 4) is 0 Å². The fraction of sp³-hybridized carbons (Fsp3) is 1.00. The summed E-state index contributed by atoms with van der Waals surface area (Å²) in [6.45, 7) is 8.98. The van der Waals surface area contributed by atoms with Crippen molar-refractivity contribution in [1.82, 2.24) is 0 Å². The third kappa shape index (κ3) is 3.40. The topological polar surface area (TPSA) is 9.23 Å². The lowest BCUT2D eigenvalue weighted by molar-refractivity contribution is 0.593. The quantitative estimate of drug-likeness (QED) is 0.549. The van der Waals surface area contributed by atoms with Gasteiger partial charge in [0.2, 0.25) is 0 Å². The second-order valence-corrected chi connectivity index (χ2v) is 8.50. The first-order valence-corrected chi connectivity index (χ1v) is 8.37. The van der Waals surface area contributed by atoms with Crippen LogP contribution in [0.2, 0.25) is 25.7 Å². The molecule has 0 aliphatic carbocycles. The van der Waals surface area contributed by atoms with E-state index >= 15 is 0 Å². The van der Waals surface area contributed by atoms with Crippen molar-refractivity contribution in [2.75, 3.05) is 0 Å². The minimum Gasteiger partial charge on any atom is -0.461 e. The van der Waals surface area contributed by atoms with Gasteiger partial charge in [0.05, 0.1) is 0 Å². The third-order valence-corrected chi connectivity index (χ3v) is 7.37. The molecule has 0 saturated heterocycles. The summed E-state index contributed by atoms with van der Waals surface area (Å²) in [6.07, 6.45) is 0. The molecule has 0 aromatic heterocycles. The van der Waals surface area contributed by atoms with Crippen molar-refractivity contribution in [3.63, 3.8) is 0 Å². The van der Waals surface area contributed by atoms with E-state index in [1.165, 1.54) is 6.04 Å². The predicted octanol–water partition coefficient (Wildman–Crippen LogP) is 1.36. The van der Waals surface area contributed by atoms with E-state index in [1.807, 2.05) is 0 Å². The van der Waals surface area contributed by atoms with Gasteiger partial charge in [0, 0.05) is 0 Å². The minimum atomic E-state index is -1.12. The smallest absolute Gasteiger partial charge is 0.172 e. The lowest BCUT2D eigenvalue weighted by Gasteiger charge is -2.19. The van der Waals surface area contributed by atoms with Gasteiger partial charge < -0.3 is 4.12 Å². The lowest BCUT2D eigenvalue weighted by Crippen LogP contribution is -2.29. The van der Waals surface area contributed by atoms with Crippen molar-refractivity contribution in [3.05, 3.63) is 0 Å². The lowest BCUT2D eigenvalue weighted by atomic mass is 11.0. The Hall–Kier alpha value is 0.394. The molecule has 3 heteroatoms. The Bertz CT molecular complexity index is 63.4. The molecule has 0 unspecified atom stereocenters. The molecule has 0 N–H and O–H groups in total. The average molecular weight is 148 g/mol. The van der Waals surface area contributed by atoms with Crippen LogP contribution in [-0.4, -0.2) is 18.1 Å². The van der Waals surface area contributed by atoms with Crippen LogP contribution in [0.4, 0.5) is 0 Å². The maximum Gasteiger partial charge on any atom is 0.172 e. The van der Waals surface area contributed by atoms with E-state index in [0.29, 0.717) is 0 Å². The summed E-state index contributed by atoms with van der Waals surface area (Å²) in [5.74, 6) is 0. The summed E-state index contributed by atoms with van der Waals surface area (Å²) in [5.41, 5.74) is 0. The predicted molar refractivity (Wildman–Crippen MR) is 43.5 cm³/mol. The molecule has 0 spiro atoms. The van der Waals surface area contributed by atoms with E-state index in [0.717, 1.165) is 0 Å². The van der Waals surface area contributed by atoms with Crippen LogP contribution in [0.15, 0.2) is 0 Å². The molecule has 0 heterocycles. The molecule has 0 atom stereocenters. The largest absolute Gasteiger partial charge is 0.461 e. The Morgan fingerprint density at radius 2 is 2.00 bits per heavy atom. The maximum absolute atomic E-state index is 5.66. The molecule has 0 aromatic carbocycles. The van der Waals surface area contributed by atoms with Gasteiger partial charge in [-0.2, -0.15) is 0 Å². The Morgan fingerprint density at radius 1 is 1.50 bits per heavy atom. The van der Waals surface area contributed by atoms with E-state index in [9.17, 15) is 0 Å². The molecule has 50 valence electrons. The molecular weight excluding hydrogens is 132 g/mol. The van der Waals surface area contributed by atoms with Gasteiger partial charge in [0.25, 0.3) is 0 Å². The van der Waals surface area contributed by atoms with Gasteiger partial charge in [-0.05, 0) is 19.1 Å². The van der Waals surface area contributed by atoms with Crippen LogP contribution >= 0.6 is 0 Å². The van der Waals surface area contributed by atoms with Crippen LogP contribution in [-0.2, 0) is 4.12 Å². The SMILES string of the molecule is CC[Si](C)(C)O[SiH2]C. The van der Waals surface area contributed by atoms with Crippen LogP contribution in [0, 0.1) is 0 Å². The first-order chi connectivity index (χ1) is 3.62. The van der Waals surface area contributed by atoms with E-state index in [4.69, 9.17) is 4.12 Å². The highest BCUT2D eigenvalue weighted by Gasteiger charge is 2.16. The second kappa shape index (κ2) is 3.43. The first kappa shape index (κ1) is 8.39. The number of hydrogen-bond donors (Lipinski definition) is 0. The fourth-order valence-electron chi connectivity index (χ4n) is 0.493. The third-order valence-electron chi connectivity index (χ3n) is 1.39. The van der Waals surface area contributed by atoms with Crippen molar-refractivity contribution in [1.29, 1.82) is 0 Å². The molecule has 0 aromatic rings. The van der Waals surface area contributed by atoms with E-state index in [-0.39, 0.29) is 9.76 Å². The standard InChI is InChI=1S/C5H16OSi2/c1-5-8(3,4)6-7-2/h5,7H2,1-4H3. The normalized spacial score (nSPS) is 13.5. The Balaban J connectivity index is 3.37. The van der Waals surface area contributed by atoms with Gasteiger partial charge in [-0.1, -0.05) is 13.5 Å². The Labute approximate surface area is 55.5 Å². The zero-order valence-electron chi connectivity index (χ0n) is 6.32. The molecule has 8 heavy (non-hydrogen) atoms. The zero-order chi connectivity index (χ0) is 6.62. The van der Waals surface area contributed by atoms with Crippen LogP contribution in [0.5, 0.6) is 0 Å². The summed E-state index contributed by atoms with van der Waals surface area (Å²) >= 11 is 0. The van der Waals surface area contributed by atoms with E-state index < -0.39 is 8.32 Å². The fourth-order valence-corrected chi connectivity index (χ4v) is 4.44. The zero-order valence-corrected chi connectivity index (χ0v) is 8.74. The van der Waals surface area contributed by atoms with Crippen LogP contribution in [0.1, 0.15) is 6.92 Å². The first-order valence-electron chi connectivity index (χ1n) is 3.26. The van der Waals surface area contributed by atoms with Crippen molar-refractivity contribution < 1.29 is 4.12 Å². The van der Waals surface area contributed by atoms with Crippen LogP contribution < -0.4 is 0 Å². The number of hydrogen-bond acceptors (Lipinski definition) is 1. The second-order valence-electron chi connectivity index (χ2n) is 2.55. The van der Waals surface area contributed by atoms with E-state index in [2.05, 4.69) is 26.6 Å². The van der Waals surface area contributed by atoms with Gasteiger partial charge in [0.15, 0.2) is 8.32 Å². The molecule has 1 nitrogen and oxygen atoms in total. The Morgan fingerprint density at radius 3 is 2.12 bits per heavy atom. The highest BCUT2D eigenvalue weighted by molar-refractivity contribution is 6.74. The molecule has 0 amide bonds. The van der Waals surface area contributed by atoms with Crippen LogP contribution in [0.25, 0.3) is 0 Å².